The Labute approximate surface area is 115 Å². The molecule has 2 rings (SSSR count). The average Bonchev–Trinajstić information content (AvgIpc) is 2.71. The summed E-state index contributed by atoms with van der Waals surface area (Å²) in [7, 11) is 1.88. The van der Waals surface area contributed by atoms with Crippen LogP contribution in [0.1, 0.15) is 27.7 Å². The molecule has 19 heavy (non-hydrogen) atoms. The summed E-state index contributed by atoms with van der Waals surface area (Å²) < 4.78 is 11.5. The van der Waals surface area contributed by atoms with E-state index in [0.29, 0.717) is 26.3 Å². The van der Waals surface area contributed by atoms with Gasteiger partial charge < -0.3 is 19.7 Å². The molecule has 0 spiro atoms. The van der Waals surface area contributed by atoms with Crippen LogP contribution < -0.4 is 5.32 Å². The molecule has 0 aromatic rings. The molecule has 0 aromatic carbocycles. The van der Waals surface area contributed by atoms with Gasteiger partial charge in [0.25, 0.3) is 0 Å². The van der Waals surface area contributed by atoms with Crippen molar-refractivity contribution in [1.82, 2.24) is 10.2 Å². The van der Waals surface area contributed by atoms with Crippen molar-refractivity contribution in [2.45, 2.75) is 44.9 Å². The molecule has 1 N–H and O–H groups in total. The Kier molecular flexibility index (Phi) is 3.91. The van der Waals surface area contributed by atoms with Crippen LogP contribution in [0.15, 0.2) is 0 Å². The van der Waals surface area contributed by atoms with E-state index in [1.807, 2.05) is 39.6 Å². The van der Waals surface area contributed by atoms with Crippen LogP contribution in [0.3, 0.4) is 0 Å². The van der Waals surface area contributed by atoms with Gasteiger partial charge in [0.05, 0.1) is 30.3 Å². The van der Waals surface area contributed by atoms with E-state index in [0.717, 1.165) is 0 Å². The molecule has 0 bridgehead atoms. The highest BCUT2D eigenvalue weighted by Gasteiger charge is 2.43. The highest BCUT2D eigenvalue weighted by molar-refractivity contribution is 5.80. The van der Waals surface area contributed by atoms with E-state index in [9.17, 15) is 4.79 Å². The molecule has 0 aromatic heterocycles. The van der Waals surface area contributed by atoms with Gasteiger partial charge in [-0.3, -0.25) is 4.79 Å². The zero-order chi connectivity index (χ0) is 14.3. The first-order valence-electron chi connectivity index (χ1n) is 6.98. The van der Waals surface area contributed by atoms with Crippen molar-refractivity contribution in [3.05, 3.63) is 0 Å². The second-order valence-electron chi connectivity index (χ2n) is 6.85. The molecule has 5 heteroatoms. The van der Waals surface area contributed by atoms with Crippen LogP contribution in [0.4, 0.5) is 0 Å². The molecule has 2 saturated heterocycles. The predicted molar refractivity (Wildman–Crippen MR) is 73.0 cm³/mol. The van der Waals surface area contributed by atoms with Gasteiger partial charge in [-0.2, -0.15) is 0 Å². The lowest BCUT2D eigenvalue weighted by Crippen LogP contribution is -2.60. The number of amides is 1. The minimum Gasteiger partial charge on any atom is -0.379 e. The molecule has 2 atom stereocenters. The Bertz CT molecular complexity index is 339. The van der Waals surface area contributed by atoms with Gasteiger partial charge in [-0.1, -0.05) is 0 Å². The fourth-order valence-electron chi connectivity index (χ4n) is 3.26. The number of ether oxygens (including phenoxy) is 2. The fraction of sp³-hybridized carbons (Fsp3) is 0.929. The van der Waals surface area contributed by atoms with Crippen LogP contribution in [0.2, 0.25) is 0 Å². The largest absolute Gasteiger partial charge is 0.379 e. The smallest absolute Gasteiger partial charge is 0.229 e. The lowest BCUT2D eigenvalue weighted by molar-refractivity contribution is -0.190. The topological polar surface area (TPSA) is 50.8 Å². The van der Waals surface area contributed by atoms with Gasteiger partial charge in [-0.15, -0.1) is 0 Å². The number of morpholine rings is 1. The van der Waals surface area contributed by atoms with Gasteiger partial charge in [0.2, 0.25) is 5.91 Å². The summed E-state index contributed by atoms with van der Waals surface area (Å²) in [5, 5.41) is 3.17. The number of likely N-dealkylation sites (N-methyl/N-ethyl adjacent to an activating group) is 1. The number of nitrogens with one attached hydrogen (secondary N) is 1. The maximum Gasteiger partial charge on any atom is 0.229 e. The molecule has 0 aliphatic carbocycles. The Morgan fingerprint density at radius 2 is 1.74 bits per heavy atom. The summed E-state index contributed by atoms with van der Waals surface area (Å²) >= 11 is 0. The van der Waals surface area contributed by atoms with Crippen LogP contribution in [-0.2, 0) is 14.3 Å². The standard InChI is InChI=1S/C14H26N2O3/c1-13(2)8-16(9-14(3,4)19-13)12(17)10-6-18-7-11(10)15-5/h10-11,15H,6-9H2,1-5H3. The number of hydrogen-bond donors (Lipinski definition) is 1. The molecule has 2 fully saturated rings. The second kappa shape index (κ2) is 5.04. The molecule has 1 amide bonds. The second-order valence-corrected chi connectivity index (χ2v) is 6.85. The quantitative estimate of drug-likeness (QED) is 0.800. The van der Waals surface area contributed by atoms with Gasteiger partial charge >= 0.3 is 0 Å². The van der Waals surface area contributed by atoms with Crippen molar-refractivity contribution >= 4 is 5.91 Å². The van der Waals surface area contributed by atoms with Gasteiger partial charge in [0.15, 0.2) is 0 Å². The van der Waals surface area contributed by atoms with Crippen molar-refractivity contribution in [3.8, 4) is 0 Å². The van der Waals surface area contributed by atoms with Crippen molar-refractivity contribution in [1.29, 1.82) is 0 Å². The van der Waals surface area contributed by atoms with E-state index >= 15 is 0 Å². The molecule has 0 saturated carbocycles. The fourth-order valence-corrected chi connectivity index (χ4v) is 3.26. The molecule has 2 aliphatic heterocycles. The van der Waals surface area contributed by atoms with Crippen LogP contribution >= 0.6 is 0 Å². The highest BCUT2D eigenvalue weighted by Crippen LogP contribution is 2.30. The molecule has 2 unspecified atom stereocenters. The third-order valence-electron chi connectivity index (χ3n) is 3.78. The molecular formula is C14H26N2O3. The van der Waals surface area contributed by atoms with Crippen molar-refractivity contribution in [3.63, 3.8) is 0 Å². The Morgan fingerprint density at radius 1 is 1.16 bits per heavy atom. The van der Waals surface area contributed by atoms with Crippen LogP contribution in [0.25, 0.3) is 0 Å². The number of nitrogens with zero attached hydrogens (tertiary/aromatic N) is 1. The molecule has 2 heterocycles. The van der Waals surface area contributed by atoms with Crippen molar-refractivity contribution in [2.24, 2.45) is 5.92 Å². The molecule has 110 valence electrons. The predicted octanol–water partition coefficient (Wildman–Crippen LogP) is 0.637. The number of hydrogen-bond acceptors (Lipinski definition) is 4. The van der Waals surface area contributed by atoms with E-state index in [4.69, 9.17) is 9.47 Å². The Balaban J connectivity index is 2.10. The van der Waals surface area contributed by atoms with Gasteiger partial charge in [-0.05, 0) is 34.7 Å². The normalized spacial score (nSPS) is 33.4. The summed E-state index contributed by atoms with van der Waals surface area (Å²) in [6, 6.07) is 0.126. The SMILES string of the molecule is CNC1COCC1C(=O)N1CC(C)(C)OC(C)(C)C1. The Hall–Kier alpha value is -0.650. The number of carbonyl (C=O) groups is 1. The van der Waals surface area contributed by atoms with Gasteiger partial charge in [0.1, 0.15) is 0 Å². The van der Waals surface area contributed by atoms with Gasteiger partial charge in [0, 0.05) is 19.1 Å². The first-order chi connectivity index (χ1) is 8.74. The lowest BCUT2D eigenvalue weighted by Gasteiger charge is -2.47. The monoisotopic (exact) mass is 270 g/mol. The van der Waals surface area contributed by atoms with Crippen LogP contribution in [0.5, 0.6) is 0 Å². The molecule has 5 nitrogen and oxygen atoms in total. The zero-order valence-electron chi connectivity index (χ0n) is 12.7. The molecular weight excluding hydrogens is 244 g/mol. The van der Waals surface area contributed by atoms with E-state index in [-0.39, 0.29) is 29.1 Å². The number of rotatable bonds is 2. The third kappa shape index (κ3) is 3.27. The maximum atomic E-state index is 12.7. The summed E-state index contributed by atoms with van der Waals surface area (Å²) in [6.07, 6.45) is 0. The minimum atomic E-state index is -0.300. The third-order valence-corrected chi connectivity index (χ3v) is 3.78. The first kappa shape index (κ1) is 14.8. The summed E-state index contributed by atoms with van der Waals surface area (Å²) in [6.45, 7) is 10.6. The Morgan fingerprint density at radius 3 is 2.26 bits per heavy atom. The molecule has 2 aliphatic rings. The van der Waals surface area contributed by atoms with Crippen molar-refractivity contribution < 1.29 is 14.3 Å². The summed E-state index contributed by atoms with van der Waals surface area (Å²) in [5.41, 5.74) is -0.599. The summed E-state index contributed by atoms with van der Waals surface area (Å²) in [5.74, 6) is 0.107. The zero-order valence-corrected chi connectivity index (χ0v) is 12.7. The summed E-state index contributed by atoms with van der Waals surface area (Å²) in [4.78, 5) is 14.6. The highest BCUT2D eigenvalue weighted by atomic mass is 16.5. The van der Waals surface area contributed by atoms with Crippen LogP contribution in [0, 0.1) is 5.92 Å². The first-order valence-corrected chi connectivity index (χ1v) is 6.98. The number of carbonyl (C=O) groups excluding carboxylic acids is 1. The van der Waals surface area contributed by atoms with E-state index in [1.54, 1.807) is 0 Å². The average molecular weight is 270 g/mol. The molecule has 0 radical (unpaired) electrons. The van der Waals surface area contributed by atoms with E-state index < -0.39 is 0 Å². The minimum absolute atomic E-state index is 0.0744. The lowest BCUT2D eigenvalue weighted by atomic mass is 9.95. The van der Waals surface area contributed by atoms with E-state index in [1.165, 1.54) is 0 Å². The van der Waals surface area contributed by atoms with E-state index in [2.05, 4.69) is 5.32 Å². The maximum absolute atomic E-state index is 12.7. The van der Waals surface area contributed by atoms with Crippen LogP contribution in [-0.4, -0.2) is 61.4 Å². The van der Waals surface area contributed by atoms with Gasteiger partial charge in [-0.25, -0.2) is 0 Å². The van der Waals surface area contributed by atoms with Crippen molar-refractivity contribution in [2.75, 3.05) is 33.4 Å².